The summed E-state index contributed by atoms with van der Waals surface area (Å²) in [5.41, 5.74) is 0.910. The van der Waals surface area contributed by atoms with Crippen molar-refractivity contribution in [3.63, 3.8) is 0 Å². The number of piperidine rings is 1. The first-order valence-electron chi connectivity index (χ1n) is 8.50. The molecule has 0 saturated carbocycles. The Balaban J connectivity index is 1.67. The first-order chi connectivity index (χ1) is 11.2. The lowest BCUT2D eigenvalue weighted by atomic mass is 10.0. The Hall–Kier alpha value is -1.81. The average Bonchev–Trinajstić information content (AvgIpc) is 2.57. The van der Waals surface area contributed by atoms with Gasteiger partial charge in [0.1, 0.15) is 5.75 Å². The van der Waals surface area contributed by atoms with Crippen LogP contribution in [0.1, 0.15) is 31.7 Å². The van der Waals surface area contributed by atoms with E-state index >= 15 is 0 Å². The predicted octanol–water partition coefficient (Wildman–Crippen LogP) is 2.95. The molecule has 23 heavy (non-hydrogen) atoms. The van der Waals surface area contributed by atoms with E-state index in [1.807, 2.05) is 24.3 Å². The van der Waals surface area contributed by atoms with E-state index in [0.29, 0.717) is 0 Å². The van der Waals surface area contributed by atoms with Crippen molar-refractivity contribution in [2.45, 2.75) is 26.2 Å². The molecular formula is C19H28N2O2. The van der Waals surface area contributed by atoms with Crippen LogP contribution in [0.2, 0.25) is 0 Å². The van der Waals surface area contributed by atoms with E-state index in [9.17, 15) is 4.79 Å². The molecule has 1 saturated heterocycles. The summed E-state index contributed by atoms with van der Waals surface area (Å²) in [7, 11) is 1.63. The van der Waals surface area contributed by atoms with Gasteiger partial charge in [0.2, 0.25) is 5.91 Å². The lowest BCUT2D eigenvalue weighted by Crippen LogP contribution is -2.36. The largest absolute Gasteiger partial charge is 0.496 e. The molecule has 1 fully saturated rings. The fourth-order valence-electron chi connectivity index (χ4n) is 3.03. The molecule has 1 heterocycles. The van der Waals surface area contributed by atoms with Gasteiger partial charge in [0, 0.05) is 24.7 Å². The highest BCUT2D eigenvalue weighted by molar-refractivity contribution is 5.92. The van der Waals surface area contributed by atoms with Crippen LogP contribution in [0.5, 0.6) is 5.75 Å². The quantitative estimate of drug-likeness (QED) is 0.621. The van der Waals surface area contributed by atoms with Gasteiger partial charge in [-0.05, 0) is 50.4 Å². The van der Waals surface area contributed by atoms with E-state index < -0.39 is 0 Å². The third kappa shape index (κ3) is 6.06. The lowest BCUT2D eigenvalue weighted by Gasteiger charge is -2.30. The van der Waals surface area contributed by atoms with Crippen LogP contribution in [-0.2, 0) is 4.79 Å². The molecule has 1 aromatic rings. The van der Waals surface area contributed by atoms with Gasteiger partial charge in [-0.3, -0.25) is 4.79 Å². The van der Waals surface area contributed by atoms with Gasteiger partial charge in [-0.15, -0.1) is 0 Å². The normalized spacial score (nSPS) is 19.0. The van der Waals surface area contributed by atoms with Crippen LogP contribution in [0.25, 0.3) is 6.08 Å². The summed E-state index contributed by atoms with van der Waals surface area (Å²) in [5, 5.41) is 2.95. The zero-order chi connectivity index (χ0) is 16.5. The Morgan fingerprint density at radius 3 is 3.04 bits per heavy atom. The van der Waals surface area contributed by atoms with Crippen molar-refractivity contribution < 1.29 is 9.53 Å². The summed E-state index contributed by atoms with van der Waals surface area (Å²) in [6.07, 6.45) is 7.01. The van der Waals surface area contributed by atoms with Crippen molar-refractivity contribution >= 4 is 12.0 Å². The molecule has 0 bridgehead atoms. The molecule has 1 aliphatic heterocycles. The molecule has 0 aromatic heterocycles. The molecule has 1 aromatic carbocycles. The van der Waals surface area contributed by atoms with Gasteiger partial charge in [-0.25, -0.2) is 0 Å². The molecule has 0 unspecified atom stereocenters. The van der Waals surface area contributed by atoms with E-state index in [1.54, 1.807) is 19.3 Å². The number of hydrogen-bond acceptors (Lipinski definition) is 3. The Morgan fingerprint density at radius 1 is 1.43 bits per heavy atom. The van der Waals surface area contributed by atoms with Gasteiger partial charge >= 0.3 is 0 Å². The minimum atomic E-state index is -0.0529. The first kappa shape index (κ1) is 17.5. The third-order valence-electron chi connectivity index (χ3n) is 4.24. The second-order valence-corrected chi connectivity index (χ2v) is 6.27. The second-order valence-electron chi connectivity index (χ2n) is 6.27. The topological polar surface area (TPSA) is 41.6 Å². The molecule has 0 radical (unpaired) electrons. The van der Waals surface area contributed by atoms with Crippen molar-refractivity contribution in [3.8, 4) is 5.75 Å². The van der Waals surface area contributed by atoms with Crippen LogP contribution in [-0.4, -0.2) is 44.1 Å². The number of rotatable bonds is 7. The molecule has 4 heteroatoms. The Bertz CT molecular complexity index is 528. The number of amides is 1. The number of hydrogen-bond donors (Lipinski definition) is 1. The number of nitrogens with one attached hydrogen (secondary N) is 1. The van der Waals surface area contributed by atoms with Crippen LogP contribution < -0.4 is 10.1 Å². The van der Waals surface area contributed by atoms with Crippen LogP contribution >= 0.6 is 0 Å². The van der Waals surface area contributed by atoms with Crippen molar-refractivity contribution in [2.75, 3.05) is 33.3 Å². The molecule has 2 rings (SSSR count). The highest BCUT2D eigenvalue weighted by atomic mass is 16.5. The maximum absolute atomic E-state index is 11.9. The Kier molecular flexibility index (Phi) is 7.14. The molecular weight excluding hydrogens is 288 g/mol. The SMILES string of the molecule is COc1ccccc1/C=C/C(=O)NCCCN1CCC[C@H](C)C1. The summed E-state index contributed by atoms with van der Waals surface area (Å²) in [4.78, 5) is 14.4. The number of ether oxygens (including phenoxy) is 1. The number of likely N-dealkylation sites (tertiary alicyclic amines) is 1. The predicted molar refractivity (Wildman–Crippen MR) is 94.5 cm³/mol. The highest BCUT2D eigenvalue weighted by Gasteiger charge is 2.15. The van der Waals surface area contributed by atoms with Gasteiger partial charge in [0.05, 0.1) is 7.11 Å². The van der Waals surface area contributed by atoms with Crippen molar-refractivity contribution in [1.82, 2.24) is 10.2 Å². The zero-order valence-corrected chi connectivity index (χ0v) is 14.3. The summed E-state index contributed by atoms with van der Waals surface area (Å²) in [6, 6.07) is 7.66. The summed E-state index contributed by atoms with van der Waals surface area (Å²) < 4.78 is 5.26. The minimum absolute atomic E-state index is 0.0529. The van der Waals surface area contributed by atoms with Crippen molar-refractivity contribution in [2.24, 2.45) is 5.92 Å². The highest BCUT2D eigenvalue weighted by Crippen LogP contribution is 2.18. The van der Waals surface area contributed by atoms with E-state index in [0.717, 1.165) is 36.7 Å². The average molecular weight is 316 g/mol. The molecule has 1 amide bonds. The van der Waals surface area contributed by atoms with Crippen LogP contribution in [0.3, 0.4) is 0 Å². The van der Waals surface area contributed by atoms with Gasteiger partial charge in [-0.1, -0.05) is 25.1 Å². The number of carbonyl (C=O) groups is 1. The van der Waals surface area contributed by atoms with E-state index in [2.05, 4.69) is 17.1 Å². The van der Waals surface area contributed by atoms with Crippen LogP contribution in [0, 0.1) is 5.92 Å². The van der Waals surface area contributed by atoms with E-state index in [-0.39, 0.29) is 5.91 Å². The standard InChI is InChI=1S/C19H28N2O2/c1-16-7-5-13-21(15-16)14-6-12-20-19(22)11-10-17-8-3-4-9-18(17)23-2/h3-4,8-11,16H,5-7,12-15H2,1-2H3,(H,20,22)/b11-10+/t16-/m0/s1. The van der Waals surface area contributed by atoms with E-state index in [1.165, 1.54) is 25.9 Å². The summed E-state index contributed by atoms with van der Waals surface area (Å²) >= 11 is 0. The molecule has 1 N–H and O–H groups in total. The molecule has 1 aliphatic rings. The molecule has 0 aliphatic carbocycles. The van der Waals surface area contributed by atoms with Crippen LogP contribution in [0.4, 0.5) is 0 Å². The van der Waals surface area contributed by atoms with Crippen molar-refractivity contribution in [1.29, 1.82) is 0 Å². The van der Waals surface area contributed by atoms with Crippen molar-refractivity contribution in [3.05, 3.63) is 35.9 Å². The smallest absolute Gasteiger partial charge is 0.244 e. The number of benzene rings is 1. The number of para-hydroxylation sites is 1. The minimum Gasteiger partial charge on any atom is -0.496 e. The zero-order valence-electron chi connectivity index (χ0n) is 14.3. The molecule has 126 valence electrons. The van der Waals surface area contributed by atoms with Crippen LogP contribution in [0.15, 0.2) is 30.3 Å². The third-order valence-corrected chi connectivity index (χ3v) is 4.24. The maximum atomic E-state index is 11.9. The molecule has 1 atom stereocenters. The monoisotopic (exact) mass is 316 g/mol. The van der Waals surface area contributed by atoms with Gasteiger partial charge in [-0.2, -0.15) is 0 Å². The first-order valence-corrected chi connectivity index (χ1v) is 8.50. The maximum Gasteiger partial charge on any atom is 0.244 e. The second kappa shape index (κ2) is 9.36. The molecule has 4 nitrogen and oxygen atoms in total. The van der Waals surface area contributed by atoms with Gasteiger partial charge in [0.15, 0.2) is 0 Å². The number of nitrogens with zero attached hydrogens (tertiary/aromatic N) is 1. The fourth-order valence-corrected chi connectivity index (χ4v) is 3.03. The van der Waals surface area contributed by atoms with Gasteiger partial charge in [0.25, 0.3) is 0 Å². The van der Waals surface area contributed by atoms with Gasteiger partial charge < -0.3 is 15.0 Å². The van der Waals surface area contributed by atoms with E-state index in [4.69, 9.17) is 4.74 Å². The lowest BCUT2D eigenvalue weighted by molar-refractivity contribution is -0.116. The number of methoxy groups -OCH3 is 1. The Morgan fingerprint density at radius 2 is 2.26 bits per heavy atom. The summed E-state index contributed by atoms with van der Waals surface area (Å²) in [5.74, 6) is 1.53. The summed E-state index contributed by atoms with van der Waals surface area (Å²) in [6.45, 7) is 6.51. The fraction of sp³-hybridized carbons (Fsp3) is 0.526. The molecule has 0 spiro atoms. The Labute approximate surface area is 139 Å². The number of carbonyl (C=O) groups excluding carboxylic acids is 1.